The van der Waals surface area contributed by atoms with E-state index in [-0.39, 0.29) is 0 Å². The molecule has 0 aliphatic rings. The molecule has 3 heteroatoms. The molecule has 0 aliphatic heterocycles. The molecule has 0 heterocycles. The van der Waals surface area contributed by atoms with Crippen LogP contribution in [0.4, 0.5) is 11.4 Å². The smallest absolute Gasteiger partial charge is 0.0482 e. The number of unbranched alkanes of at least 4 members (excludes halogenated alkanes) is 5. The van der Waals surface area contributed by atoms with Crippen molar-refractivity contribution in [2.24, 2.45) is 0 Å². The average molecular weight is 306 g/mol. The van der Waals surface area contributed by atoms with Gasteiger partial charge in [0.1, 0.15) is 0 Å². The molecule has 3 nitrogen and oxygen atoms in total. The van der Waals surface area contributed by atoms with Crippen molar-refractivity contribution in [3.8, 4) is 0 Å². The van der Waals surface area contributed by atoms with Crippen LogP contribution in [0.3, 0.4) is 0 Å². The Balaban J connectivity index is 2.06. The van der Waals surface area contributed by atoms with E-state index < -0.39 is 0 Å². The molecule has 2 N–H and O–H groups in total. The summed E-state index contributed by atoms with van der Waals surface area (Å²) in [5, 5.41) is 6.92. The van der Waals surface area contributed by atoms with Gasteiger partial charge in [-0.05, 0) is 44.0 Å². The van der Waals surface area contributed by atoms with Crippen LogP contribution in [0.5, 0.6) is 0 Å². The molecule has 0 aromatic heterocycles. The van der Waals surface area contributed by atoms with Crippen molar-refractivity contribution in [3.05, 3.63) is 24.3 Å². The van der Waals surface area contributed by atoms with Gasteiger partial charge in [0.15, 0.2) is 0 Å². The standard InChI is InChI=1S/C19H34N2O/c1-3-5-6-7-8-9-15-20-18-11-13-19(14-12-18)21-16-10-17-22-4-2/h11-14,20-21H,3-10,15-17H2,1-2H3. The second-order valence-electron chi connectivity index (χ2n) is 5.75. The highest BCUT2D eigenvalue weighted by Crippen LogP contribution is 2.14. The Bertz CT molecular complexity index is 351. The Kier molecular flexibility index (Phi) is 11.5. The molecular formula is C19H34N2O. The van der Waals surface area contributed by atoms with Gasteiger partial charge in [0.05, 0.1) is 0 Å². The van der Waals surface area contributed by atoms with Gasteiger partial charge >= 0.3 is 0 Å². The number of rotatable bonds is 14. The van der Waals surface area contributed by atoms with Gasteiger partial charge in [-0.2, -0.15) is 0 Å². The predicted molar refractivity (Wildman–Crippen MR) is 97.9 cm³/mol. The lowest BCUT2D eigenvalue weighted by Gasteiger charge is -2.09. The van der Waals surface area contributed by atoms with Crippen molar-refractivity contribution in [2.45, 2.75) is 58.8 Å². The normalized spacial score (nSPS) is 10.6. The monoisotopic (exact) mass is 306 g/mol. The van der Waals surface area contributed by atoms with Gasteiger partial charge in [0.25, 0.3) is 0 Å². The maximum atomic E-state index is 5.33. The number of anilines is 2. The SMILES string of the molecule is CCCCCCCCNc1ccc(NCCCOCC)cc1. The number of benzene rings is 1. The predicted octanol–water partition coefficient (Wildman–Crippen LogP) is 5.30. The van der Waals surface area contributed by atoms with Gasteiger partial charge in [-0.3, -0.25) is 0 Å². The third kappa shape index (κ3) is 9.67. The zero-order chi connectivity index (χ0) is 15.9. The summed E-state index contributed by atoms with van der Waals surface area (Å²) in [5.74, 6) is 0. The van der Waals surface area contributed by atoms with Crippen LogP contribution in [0.25, 0.3) is 0 Å². The minimum atomic E-state index is 0.805. The molecule has 0 fully saturated rings. The fraction of sp³-hybridized carbons (Fsp3) is 0.684. The van der Waals surface area contributed by atoms with Crippen molar-refractivity contribution in [1.82, 2.24) is 0 Å². The first-order chi connectivity index (χ1) is 10.9. The van der Waals surface area contributed by atoms with Gasteiger partial charge in [-0.1, -0.05) is 39.0 Å². The third-order valence-corrected chi connectivity index (χ3v) is 3.74. The van der Waals surface area contributed by atoms with Crippen LogP contribution >= 0.6 is 0 Å². The Morgan fingerprint density at radius 2 is 1.27 bits per heavy atom. The van der Waals surface area contributed by atoms with Crippen molar-refractivity contribution < 1.29 is 4.74 Å². The van der Waals surface area contributed by atoms with Crippen LogP contribution in [0.2, 0.25) is 0 Å². The molecule has 0 radical (unpaired) electrons. The second-order valence-corrected chi connectivity index (χ2v) is 5.75. The third-order valence-electron chi connectivity index (χ3n) is 3.74. The fourth-order valence-corrected chi connectivity index (χ4v) is 2.40. The van der Waals surface area contributed by atoms with E-state index >= 15 is 0 Å². The summed E-state index contributed by atoms with van der Waals surface area (Å²) in [4.78, 5) is 0. The molecule has 0 aliphatic carbocycles. The van der Waals surface area contributed by atoms with Crippen LogP contribution in [0, 0.1) is 0 Å². The van der Waals surface area contributed by atoms with Crippen LogP contribution in [-0.2, 0) is 4.74 Å². The molecule has 126 valence electrons. The van der Waals surface area contributed by atoms with E-state index in [2.05, 4.69) is 41.8 Å². The summed E-state index contributed by atoms with van der Waals surface area (Å²) in [5.41, 5.74) is 2.40. The summed E-state index contributed by atoms with van der Waals surface area (Å²) in [6, 6.07) is 8.60. The second kappa shape index (κ2) is 13.4. The highest BCUT2D eigenvalue weighted by molar-refractivity contribution is 5.53. The van der Waals surface area contributed by atoms with E-state index in [1.54, 1.807) is 0 Å². The Morgan fingerprint density at radius 3 is 1.86 bits per heavy atom. The lowest BCUT2D eigenvalue weighted by molar-refractivity contribution is 0.147. The summed E-state index contributed by atoms with van der Waals surface area (Å²) in [7, 11) is 0. The maximum Gasteiger partial charge on any atom is 0.0482 e. The summed E-state index contributed by atoms with van der Waals surface area (Å²) >= 11 is 0. The van der Waals surface area contributed by atoms with E-state index in [9.17, 15) is 0 Å². The van der Waals surface area contributed by atoms with Gasteiger partial charge in [-0.25, -0.2) is 0 Å². The molecule has 1 aromatic carbocycles. The van der Waals surface area contributed by atoms with Gasteiger partial charge in [0, 0.05) is 37.7 Å². The van der Waals surface area contributed by atoms with Crippen LogP contribution in [0.1, 0.15) is 58.8 Å². The molecular weight excluding hydrogens is 272 g/mol. The topological polar surface area (TPSA) is 33.3 Å². The fourth-order valence-electron chi connectivity index (χ4n) is 2.40. The zero-order valence-electron chi connectivity index (χ0n) is 14.5. The van der Waals surface area contributed by atoms with Crippen LogP contribution in [-0.4, -0.2) is 26.3 Å². The molecule has 1 rings (SSSR count). The largest absolute Gasteiger partial charge is 0.385 e. The van der Waals surface area contributed by atoms with Crippen molar-refractivity contribution >= 4 is 11.4 Å². The quantitative estimate of drug-likeness (QED) is 0.458. The van der Waals surface area contributed by atoms with Crippen LogP contribution < -0.4 is 10.6 Å². The van der Waals surface area contributed by atoms with Crippen LogP contribution in [0.15, 0.2) is 24.3 Å². The molecule has 0 bridgehead atoms. The number of hydrogen-bond acceptors (Lipinski definition) is 3. The van der Waals surface area contributed by atoms with Crippen molar-refractivity contribution in [2.75, 3.05) is 36.9 Å². The summed E-state index contributed by atoms with van der Waals surface area (Å²) < 4.78 is 5.33. The molecule has 0 unspecified atom stereocenters. The average Bonchev–Trinajstić information content (AvgIpc) is 2.55. The number of ether oxygens (including phenoxy) is 1. The lowest BCUT2D eigenvalue weighted by atomic mass is 10.1. The molecule has 0 spiro atoms. The Labute approximate surface area is 136 Å². The number of hydrogen-bond donors (Lipinski definition) is 2. The van der Waals surface area contributed by atoms with E-state index in [0.29, 0.717) is 0 Å². The first-order valence-corrected chi connectivity index (χ1v) is 9.02. The van der Waals surface area contributed by atoms with Gasteiger partial charge < -0.3 is 15.4 Å². The van der Waals surface area contributed by atoms with Crippen molar-refractivity contribution in [1.29, 1.82) is 0 Å². The zero-order valence-corrected chi connectivity index (χ0v) is 14.5. The Morgan fingerprint density at radius 1 is 0.727 bits per heavy atom. The molecule has 1 aromatic rings. The first-order valence-electron chi connectivity index (χ1n) is 9.02. The van der Waals surface area contributed by atoms with Crippen molar-refractivity contribution in [3.63, 3.8) is 0 Å². The molecule has 0 saturated carbocycles. The molecule has 22 heavy (non-hydrogen) atoms. The first kappa shape index (κ1) is 18.8. The Hall–Kier alpha value is -1.22. The highest BCUT2D eigenvalue weighted by atomic mass is 16.5. The summed E-state index contributed by atoms with van der Waals surface area (Å²) in [6.45, 7) is 7.97. The minimum absolute atomic E-state index is 0.805. The summed E-state index contributed by atoms with van der Waals surface area (Å²) in [6.07, 6.45) is 9.12. The number of nitrogens with one attached hydrogen (secondary N) is 2. The van der Waals surface area contributed by atoms with Gasteiger partial charge in [-0.15, -0.1) is 0 Å². The minimum Gasteiger partial charge on any atom is -0.385 e. The van der Waals surface area contributed by atoms with Gasteiger partial charge in [0.2, 0.25) is 0 Å². The molecule has 0 atom stereocenters. The molecule has 0 amide bonds. The van der Waals surface area contributed by atoms with E-state index in [1.165, 1.54) is 49.9 Å². The van der Waals surface area contributed by atoms with E-state index in [0.717, 1.165) is 32.7 Å². The van der Waals surface area contributed by atoms with E-state index in [1.807, 2.05) is 6.92 Å². The lowest BCUT2D eigenvalue weighted by Crippen LogP contribution is -2.06. The molecule has 0 saturated heterocycles. The maximum absolute atomic E-state index is 5.33. The van der Waals surface area contributed by atoms with E-state index in [4.69, 9.17) is 4.74 Å². The highest BCUT2D eigenvalue weighted by Gasteiger charge is 1.95.